The predicted molar refractivity (Wildman–Crippen MR) is 94.1 cm³/mol. The number of anilines is 3. The minimum absolute atomic E-state index is 0.102. The highest BCUT2D eigenvalue weighted by atomic mass is 79.9. The molecule has 0 aliphatic rings. The van der Waals surface area contributed by atoms with Crippen molar-refractivity contribution in [3.63, 3.8) is 0 Å². The number of nitrogens with one attached hydrogen (secondary N) is 2. The summed E-state index contributed by atoms with van der Waals surface area (Å²) < 4.78 is 26.9. The Balaban J connectivity index is 2.07. The van der Waals surface area contributed by atoms with E-state index in [1.807, 2.05) is 32.0 Å². The molecule has 0 fully saturated rings. The quantitative estimate of drug-likeness (QED) is 0.788. The zero-order valence-electron chi connectivity index (χ0n) is 12.4. The van der Waals surface area contributed by atoms with Crippen molar-refractivity contribution in [2.45, 2.75) is 20.3 Å². The first-order chi connectivity index (χ1) is 10.4. The molecule has 5 nitrogen and oxygen atoms in total. The van der Waals surface area contributed by atoms with Crippen LogP contribution in [0.25, 0.3) is 0 Å². The van der Waals surface area contributed by atoms with Crippen LogP contribution in [-0.2, 0) is 10.0 Å². The summed E-state index contributed by atoms with van der Waals surface area (Å²) in [5.41, 5.74) is 2.51. The zero-order valence-corrected chi connectivity index (χ0v) is 14.8. The van der Waals surface area contributed by atoms with E-state index >= 15 is 0 Å². The van der Waals surface area contributed by atoms with Crippen molar-refractivity contribution in [2.24, 2.45) is 0 Å². The van der Waals surface area contributed by atoms with Crippen LogP contribution in [0.1, 0.15) is 18.9 Å². The number of halogens is 1. The van der Waals surface area contributed by atoms with Gasteiger partial charge in [0.05, 0.1) is 17.6 Å². The predicted octanol–water partition coefficient (Wildman–Crippen LogP) is 4.05. The maximum absolute atomic E-state index is 11.7. The van der Waals surface area contributed by atoms with Crippen LogP contribution in [0.15, 0.2) is 41.0 Å². The number of hydrogen-bond acceptors (Lipinski definition) is 4. The third kappa shape index (κ3) is 4.71. The normalized spacial score (nSPS) is 11.2. The molecule has 0 aliphatic carbocycles. The second-order valence-electron chi connectivity index (χ2n) is 4.94. The Labute approximate surface area is 139 Å². The highest BCUT2D eigenvalue weighted by Gasteiger charge is 2.08. The molecule has 0 saturated carbocycles. The number of sulfonamides is 1. The van der Waals surface area contributed by atoms with Gasteiger partial charge >= 0.3 is 0 Å². The molecule has 0 spiro atoms. The Hall–Kier alpha value is -1.60. The number of aryl methyl sites for hydroxylation is 1. The van der Waals surface area contributed by atoms with Crippen LogP contribution in [-0.4, -0.2) is 19.2 Å². The smallest absolute Gasteiger partial charge is 0.232 e. The molecule has 2 aromatic rings. The van der Waals surface area contributed by atoms with Gasteiger partial charge in [0.2, 0.25) is 10.0 Å². The Kier molecular flexibility index (Phi) is 5.42. The van der Waals surface area contributed by atoms with Crippen LogP contribution in [0.4, 0.5) is 17.2 Å². The van der Waals surface area contributed by atoms with Crippen LogP contribution >= 0.6 is 15.9 Å². The van der Waals surface area contributed by atoms with E-state index in [9.17, 15) is 8.42 Å². The van der Waals surface area contributed by atoms with Gasteiger partial charge in [0, 0.05) is 10.2 Å². The summed E-state index contributed by atoms with van der Waals surface area (Å²) in [5, 5.41) is 3.18. The molecule has 0 saturated heterocycles. The molecule has 1 aromatic heterocycles. The molecule has 0 amide bonds. The second-order valence-corrected chi connectivity index (χ2v) is 7.64. The van der Waals surface area contributed by atoms with Crippen molar-refractivity contribution >= 4 is 43.1 Å². The standard InChI is InChI=1S/C15H18BrN3O2S/c1-3-8-22(20,21)19-13-5-7-15(17-10-13)18-12-4-6-14(16)11(2)9-12/h4-7,9-10,19H,3,8H2,1-2H3,(H,17,18). The number of rotatable bonds is 6. The second kappa shape index (κ2) is 7.11. The first-order valence-corrected chi connectivity index (χ1v) is 9.34. The van der Waals surface area contributed by atoms with Gasteiger partial charge < -0.3 is 5.32 Å². The monoisotopic (exact) mass is 383 g/mol. The van der Waals surface area contributed by atoms with E-state index < -0.39 is 10.0 Å². The molecular formula is C15H18BrN3O2S. The first-order valence-electron chi connectivity index (χ1n) is 6.89. The lowest BCUT2D eigenvalue weighted by Gasteiger charge is -2.09. The van der Waals surface area contributed by atoms with Crippen molar-refractivity contribution < 1.29 is 8.42 Å². The summed E-state index contributed by atoms with van der Waals surface area (Å²) in [6, 6.07) is 9.33. The van der Waals surface area contributed by atoms with Gasteiger partial charge in [0.1, 0.15) is 5.82 Å². The number of pyridine rings is 1. The Morgan fingerprint density at radius 2 is 1.91 bits per heavy atom. The van der Waals surface area contributed by atoms with Crippen LogP contribution in [0.3, 0.4) is 0 Å². The van der Waals surface area contributed by atoms with Crippen LogP contribution < -0.4 is 10.0 Å². The lowest BCUT2D eigenvalue weighted by molar-refractivity contribution is 0.600. The minimum atomic E-state index is -3.28. The van der Waals surface area contributed by atoms with E-state index in [-0.39, 0.29) is 5.75 Å². The Morgan fingerprint density at radius 3 is 2.50 bits per heavy atom. The van der Waals surface area contributed by atoms with Gasteiger partial charge in [-0.25, -0.2) is 13.4 Å². The molecule has 2 N–H and O–H groups in total. The van der Waals surface area contributed by atoms with Gasteiger partial charge in [0.25, 0.3) is 0 Å². The molecule has 118 valence electrons. The van der Waals surface area contributed by atoms with Gasteiger partial charge in [-0.2, -0.15) is 0 Å². The highest BCUT2D eigenvalue weighted by Crippen LogP contribution is 2.22. The molecule has 1 heterocycles. The minimum Gasteiger partial charge on any atom is -0.340 e. The van der Waals surface area contributed by atoms with Gasteiger partial charge in [-0.15, -0.1) is 0 Å². The van der Waals surface area contributed by atoms with Gasteiger partial charge in [-0.3, -0.25) is 4.72 Å². The summed E-state index contributed by atoms with van der Waals surface area (Å²) in [6.07, 6.45) is 2.08. The topological polar surface area (TPSA) is 71.1 Å². The summed E-state index contributed by atoms with van der Waals surface area (Å²) in [5.74, 6) is 0.755. The fourth-order valence-electron chi connectivity index (χ4n) is 1.90. The molecule has 0 unspecified atom stereocenters. The van der Waals surface area contributed by atoms with E-state index in [1.54, 1.807) is 12.1 Å². The van der Waals surface area contributed by atoms with E-state index in [4.69, 9.17) is 0 Å². The number of aromatic nitrogens is 1. The lowest BCUT2D eigenvalue weighted by atomic mass is 10.2. The van der Waals surface area contributed by atoms with Crippen molar-refractivity contribution in [1.82, 2.24) is 4.98 Å². The average molecular weight is 384 g/mol. The maximum atomic E-state index is 11.7. The van der Waals surface area contributed by atoms with Crippen LogP contribution in [0.2, 0.25) is 0 Å². The van der Waals surface area contributed by atoms with Crippen molar-refractivity contribution in [1.29, 1.82) is 0 Å². The summed E-state index contributed by atoms with van der Waals surface area (Å²) >= 11 is 3.46. The summed E-state index contributed by atoms with van der Waals surface area (Å²) in [4.78, 5) is 4.22. The fraction of sp³-hybridized carbons (Fsp3) is 0.267. The molecule has 0 radical (unpaired) electrons. The maximum Gasteiger partial charge on any atom is 0.232 e. The summed E-state index contributed by atoms with van der Waals surface area (Å²) in [6.45, 7) is 3.83. The van der Waals surface area contributed by atoms with E-state index in [1.165, 1.54) is 6.20 Å². The fourth-order valence-corrected chi connectivity index (χ4v) is 3.26. The third-order valence-electron chi connectivity index (χ3n) is 2.94. The Morgan fingerprint density at radius 1 is 1.18 bits per heavy atom. The zero-order chi connectivity index (χ0) is 16.2. The van der Waals surface area contributed by atoms with Gasteiger partial charge in [0.15, 0.2) is 0 Å². The molecule has 1 aromatic carbocycles. The number of hydrogen-bond donors (Lipinski definition) is 2. The van der Waals surface area contributed by atoms with Crippen molar-refractivity contribution in [3.8, 4) is 0 Å². The molecule has 7 heteroatoms. The number of nitrogens with zero attached hydrogens (tertiary/aromatic N) is 1. The van der Waals surface area contributed by atoms with E-state index in [0.29, 0.717) is 17.9 Å². The van der Waals surface area contributed by atoms with Gasteiger partial charge in [-0.1, -0.05) is 22.9 Å². The first kappa shape index (κ1) is 16.8. The SMILES string of the molecule is CCCS(=O)(=O)Nc1ccc(Nc2ccc(Br)c(C)c2)nc1. The Bertz CT molecular complexity index is 746. The largest absolute Gasteiger partial charge is 0.340 e. The van der Waals surface area contributed by atoms with Crippen LogP contribution in [0.5, 0.6) is 0 Å². The molecule has 22 heavy (non-hydrogen) atoms. The summed E-state index contributed by atoms with van der Waals surface area (Å²) in [7, 11) is -3.28. The van der Waals surface area contributed by atoms with Crippen molar-refractivity contribution in [2.75, 3.05) is 15.8 Å². The van der Waals surface area contributed by atoms with E-state index in [2.05, 4.69) is 31.0 Å². The average Bonchev–Trinajstić information content (AvgIpc) is 2.44. The number of benzene rings is 1. The molecule has 0 aliphatic heterocycles. The highest BCUT2D eigenvalue weighted by molar-refractivity contribution is 9.10. The molecular weight excluding hydrogens is 366 g/mol. The molecule has 0 atom stereocenters. The van der Waals surface area contributed by atoms with Crippen LogP contribution in [0, 0.1) is 6.92 Å². The van der Waals surface area contributed by atoms with E-state index in [0.717, 1.165) is 15.7 Å². The van der Waals surface area contributed by atoms with Gasteiger partial charge in [-0.05, 0) is 49.2 Å². The lowest BCUT2D eigenvalue weighted by Crippen LogP contribution is -2.16. The molecule has 2 rings (SSSR count). The van der Waals surface area contributed by atoms with Crippen molar-refractivity contribution in [3.05, 3.63) is 46.6 Å². The molecule has 0 bridgehead atoms. The third-order valence-corrected chi connectivity index (χ3v) is 5.32.